The van der Waals surface area contributed by atoms with E-state index in [1.54, 1.807) is 31.4 Å². The lowest BCUT2D eigenvalue weighted by Crippen LogP contribution is -2.14. The topological polar surface area (TPSA) is 129 Å². The predicted molar refractivity (Wildman–Crippen MR) is 81.0 cm³/mol. The van der Waals surface area contributed by atoms with E-state index in [1.165, 1.54) is 0 Å². The van der Waals surface area contributed by atoms with Crippen molar-refractivity contribution in [3.63, 3.8) is 0 Å². The number of nitrogen functional groups attached to an aromatic ring is 2. The minimum Gasteiger partial charge on any atom is -0.497 e. The van der Waals surface area contributed by atoms with Gasteiger partial charge in [0.25, 0.3) is 0 Å². The van der Waals surface area contributed by atoms with Gasteiger partial charge in [-0.2, -0.15) is 15.0 Å². The van der Waals surface area contributed by atoms with E-state index in [2.05, 4.69) is 20.3 Å². The van der Waals surface area contributed by atoms with Gasteiger partial charge in [-0.25, -0.2) is 0 Å². The summed E-state index contributed by atoms with van der Waals surface area (Å²) in [5.41, 5.74) is 11.6. The summed E-state index contributed by atoms with van der Waals surface area (Å²) >= 11 is 1.12. The summed E-state index contributed by atoms with van der Waals surface area (Å²) in [4.78, 5) is 23.2. The molecule has 1 amide bonds. The normalized spacial score (nSPS) is 10.1. The number of nitrogens with zero attached hydrogens (tertiary/aromatic N) is 3. The van der Waals surface area contributed by atoms with Crippen molar-refractivity contribution in [1.82, 2.24) is 15.0 Å². The molecule has 1 aromatic carbocycles. The number of aromatic nitrogens is 3. The number of carbonyl (C=O) groups excluding carboxylic acids is 1. The highest BCUT2D eigenvalue weighted by Gasteiger charge is 2.07. The zero-order valence-electron chi connectivity index (χ0n) is 11.2. The molecule has 0 atom stereocenters. The van der Waals surface area contributed by atoms with Crippen LogP contribution >= 0.6 is 11.8 Å². The van der Waals surface area contributed by atoms with E-state index in [0.29, 0.717) is 10.8 Å². The molecular formula is C12H14N6O2S. The zero-order valence-corrected chi connectivity index (χ0v) is 12.1. The number of nitrogens with two attached hydrogens (primary N) is 2. The van der Waals surface area contributed by atoms with Crippen LogP contribution in [0.15, 0.2) is 29.4 Å². The molecule has 0 unspecified atom stereocenters. The standard InChI is InChI=1S/C12H14N6O2S/c1-20-8-4-2-7(3-5-8)15-9(19)6-21-12-17-10(13)16-11(14)18-12/h2-5H,6H2,1H3,(H,15,19)(H4,13,14,16,17,18). The number of anilines is 3. The van der Waals surface area contributed by atoms with E-state index in [0.717, 1.165) is 17.5 Å². The molecule has 2 rings (SSSR count). The van der Waals surface area contributed by atoms with Gasteiger partial charge in [0.1, 0.15) is 5.75 Å². The third kappa shape index (κ3) is 4.49. The maximum absolute atomic E-state index is 11.8. The van der Waals surface area contributed by atoms with Gasteiger partial charge in [0.2, 0.25) is 17.8 Å². The lowest BCUT2D eigenvalue weighted by Gasteiger charge is -2.06. The maximum atomic E-state index is 11.8. The van der Waals surface area contributed by atoms with Gasteiger partial charge in [0, 0.05) is 5.69 Å². The molecule has 0 aliphatic rings. The van der Waals surface area contributed by atoms with Crippen molar-refractivity contribution in [2.45, 2.75) is 5.16 Å². The SMILES string of the molecule is COc1ccc(NC(=O)CSc2nc(N)nc(N)n2)cc1. The molecule has 9 heteroatoms. The van der Waals surface area contributed by atoms with Crippen LogP contribution in [0.5, 0.6) is 5.75 Å². The van der Waals surface area contributed by atoms with Crippen LogP contribution in [0.4, 0.5) is 17.6 Å². The molecule has 0 fully saturated rings. The second kappa shape index (κ2) is 6.75. The third-order valence-electron chi connectivity index (χ3n) is 2.36. The fourth-order valence-electron chi connectivity index (χ4n) is 1.45. The van der Waals surface area contributed by atoms with Crippen LogP contribution in [0.2, 0.25) is 0 Å². The number of benzene rings is 1. The lowest BCUT2D eigenvalue weighted by atomic mass is 10.3. The van der Waals surface area contributed by atoms with Gasteiger partial charge in [-0.05, 0) is 24.3 Å². The van der Waals surface area contributed by atoms with E-state index in [9.17, 15) is 4.79 Å². The summed E-state index contributed by atoms with van der Waals surface area (Å²) in [5, 5.41) is 3.05. The van der Waals surface area contributed by atoms with Crippen LogP contribution in [0.1, 0.15) is 0 Å². The number of rotatable bonds is 5. The number of hydrogen-bond acceptors (Lipinski definition) is 8. The second-order valence-corrected chi connectivity index (χ2v) is 4.84. The van der Waals surface area contributed by atoms with Crippen LogP contribution in [-0.4, -0.2) is 33.7 Å². The van der Waals surface area contributed by atoms with E-state index in [-0.39, 0.29) is 23.6 Å². The van der Waals surface area contributed by atoms with Gasteiger partial charge in [0.15, 0.2) is 5.16 Å². The van der Waals surface area contributed by atoms with Crippen LogP contribution < -0.4 is 21.5 Å². The van der Waals surface area contributed by atoms with E-state index in [4.69, 9.17) is 16.2 Å². The molecule has 0 bridgehead atoms. The smallest absolute Gasteiger partial charge is 0.234 e. The highest BCUT2D eigenvalue weighted by Crippen LogP contribution is 2.17. The predicted octanol–water partition coefficient (Wildman–Crippen LogP) is 0.775. The minimum absolute atomic E-state index is 0.0283. The third-order valence-corrected chi connectivity index (χ3v) is 3.20. The second-order valence-electron chi connectivity index (χ2n) is 3.90. The molecule has 0 saturated carbocycles. The van der Waals surface area contributed by atoms with Gasteiger partial charge in [-0.1, -0.05) is 11.8 Å². The van der Waals surface area contributed by atoms with Crippen molar-refractivity contribution in [3.05, 3.63) is 24.3 Å². The van der Waals surface area contributed by atoms with Crippen LogP contribution in [0, 0.1) is 0 Å². The molecule has 1 aromatic heterocycles. The Labute approximate surface area is 125 Å². The number of methoxy groups -OCH3 is 1. The Morgan fingerprint density at radius 1 is 1.19 bits per heavy atom. The number of amides is 1. The molecule has 0 aliphatic heterocycles. The molecule has 0 spiro atoms. The Balaban J connectivity index is 1.89. The van der Waals surface area contributed by atoms with Gasteiger partial charge in [-0.15, -0.1) is 0 Å². The average molecular weight is 306 g/mol. The molecule has 5 N–H and O–H groups in total. The van der Waals surface area contributed by atoms with Crippen LogP contribution in [0.3, 0.4) is 0 Å². The Morgan fingerprint density at radius 3 is 2.38 bits per heavy atom. The van der Waals surface area contributed by atoms with Crippen molar-refractivity contribution in [2.75, 3.05) is 29.6 Å². The highest BCUT2D eigenvalue weighted by atomic mass is 32.2. The van der Waals surface area contributed by atoms with Crippen molar-refractivity contribution in [3.8, 4) is 5.75 Å². The number of nitrogens with one attached hydrogen (secondary N) is 1. The van der Waals surface area contributed by atoms with Crippen molar-refractivity contribution in [2.24, 2.45) is 0 Å². The van der Waals surface area contributed by atoms with Crippen molar-refractivity contribution < 1.29 is 9.53 Å². The zero-order chi connectivity index (χ0) is 15.2. The summed E-state index contributed by atoms with van der Waals surface area (Å²) in [6.45, 7) is 0. The number of thioether (sulfide) groups is 1. The van der Waals surface area contributed by atoms with Crippen LogP contribution in [-0.2, 0) is 4.79 Å². The van der Waals surface area contributed by atoms with Crippen molar-refractivity contribution >= 4 is 35.3 Å². The molecule has 0 saturated heterocycles. The summed E-state index contributed by atoms with van der Waals surface area (Å²) in [5.74, 6) is 0.719. The molecule has 0 radical (unpaired) electrons. The molecule has 110 valence electrons. The quantitative estimate of drug-likeness (QED) is 0.691. The molecule has 1 heterocycles. The lowest BCUT2D eigenvalue weighted by molar-refractivity contribution is -0.113. The van der Waals surface area contributed by atoms with E-state index < -0.39 is 0 Å². The first-order valence-electron chi connectivity index (χ1n) is 5.90. The number of carbonyl (C=O) groups is 1. The van der Waals surface area contributed by atoms with Gasteiger partial charge in [0.05, 0.1) is 12.9 Å². The fourth-order valence-corrected chi connectivity index (χ4v) is 2.10. The average Bonchev–Trinajstić information content (AvgIpc) is 2.45. The van der Waals surface area contributed by atoms with Gasteiger partial charge in [-0.3, -0.25) is 4.79 Å². The Hall–Kier alpha value is -2.55. The fraction of sp³-hybridized carbons (Fsp3) is 0.167. The maximum Gasteiger partial charge on any atom is 0.234 e. The Kier molecular flexibility index (Phi) is 4.77. The summed E-state index contributed by atoms with van der Waals surface area (Å²) in [7, 11) is 1.58. The van der Waals surface area contributed by atoms with E-state index >= 15 is 0 Å². The highest BCUT2D eigenvalue weighted by molar-refractivity contribution is 7.99. The molecule has 21 heavy (non-hydrogen) atoms. The first-order valence-corrected chi connectivity index (χ1v) is 6.89. The molecule has 0 aliphatic carbocycles. The summed E-state index contributed by atoms with van der Waals surface area (Å²) in [6, 6.07) is 7.02. The summed E-state index contributed by atoms with van der Waals surface area (Å²) < 4.78 is 5.04. The monoisotopic (exact) mass is 306 g/mol. The number of hydrogen-bond donors (Lipinski definition) is 3. The summed E-state index contributed by atoms with van der Waals surface area (Å²) in [6.07, 6.45) is 0. The van der Waals surface area contributed by atoms with Gasteiger partial charge >= 0.3 is 0 Å². The first-order chi connectivity index (χ1) is 10.1. The molecule has 8 nitrogen and oxygen atoms in total. The van der Waals surface area contributed by atoms with Crippen LogP contribution in [0.25, 0.3) is 0 Å². The minimum atomic E-state index is -0.192. The van der Waals surface area contributed by atoms with E-state index in [1.807, 2.05) is 0 Å². The van der Waals surface area contributed by atoms with Gasteiger partial charge < -0.3 is 21.5 Å². The molecular weight excluding hydrogens is 292 g/mol. The Morgan fingerprint density at radius 2 is 1.81 bits per heavy atom. The number of ether oxygens (including phenoxy) is 1. The first kappa shape index (κ1) is 14.9. The molecule has 2 aromatic rings. The largest absolute Gasteiger partial charge is 0.497 e. The van der Waals surface area contributed by atoms with Crippen molar-refractivity contribution in [1.29, 1.82) is 0 Å². The Bertz CT molecular complexity index is 614.